The van der Waals surface area contributed by atoms with Gasteiger partial charge in [-0.2, -0.15) is 4.31 Å². The highest BCUT2D eigenvalue weighted by Gasteiger charge is 2.29. The van der Waals surface area contributed by atoms with Crippen molar-refractivity contribution in [3.05, 3.63) is 30.3 Å². The summed E-state index contributed by atoms with van der Waals surface area (Å²) in [6.07, 6.45) is 4.05. The Morgan fingerprint density at radius 3 is 2.50 bits per heavy atom. The highest BCUT2D eigenvalue weighted by atomic mass is 32.2. The summed E-state index contributed by atoms with van der Waals surface area (Å²) in [6, 6.07) is 8.70. The molecule has 1 heterocycles. The first-order valence-electron chi connectivity index (χ1n) is 9.46. The smallest absolute Gasteiger partial charge is 0.243 e. The van der Waals surface area contributed by atoms with Crippen LogP contribution in [0.15, 0.2) is 40.2 Å². The molecule has 0 saturated carbocycles. The van der Waals surface area contributed by atoms with Crippen LogP contribution in [0.4, 0.5) is 0 Å². The average molecular weight is 381 g/mol. The molecule has 7 heteroatoms. The third-order valence-electron chi connectivity index (χ3n) is 4.92. The lowest BCUT2D eigenvalue weighted by molar-refractivity contribution is 0.272. The molecule has 0 bridgehead atoms. The molecule has 146 valence electrons. The number of piperidine rings is 1. The minimum absolute atomic E-state index is 0.384. The van der Waals surface area contributed by atoms with E-state index in [0.29, 0.717) is 23.9 Å². The summed E-state index contributed by atoms with van der Waals surface area (Å²) < 4.78 is 27.0. The highest BCUT2D eigenvalue weighted by molar-refractivity contribution is 7.89. The zero-order chi connectivity index (χ0) is 19.0. The maximum Gasteiger partial charge on any atom is 0.243 e. The highest BCUT2D eigenvalue weighted by Crippen LogP contribution is 2.23. The third kappa shape index (κ3) is 5.45. The molecule has 1 N–H and O–H groups in total. The minimum atomic E-state index is -3.36. The second kappa shape index (κ2) is 9.92. The summed E-state index contributed by atoms with van der Waals surface area (Å²) in [5, 5.41) is 3.44. The quantitative estimate of drug-likeness (QED) is 0.583. The number of hydrogen-bond donors (Lipinski definition) is 1. The van der Waals surface area contributed by atoms with Crippen molar-refractivity contribution in [2.24, 2.45) is 10.9 Å². The molecular formula is C19H32N4O2S. The van der Waals surface area contributed by atoms with Crippen molar-refractivity contribution >= 4 is 16.0 Å². The lowest BCUT2D eigenvalue weighted by Gasteiger charge is -2.32. The van der Waals surface area contributed by atoms with Gasteiger partial charge in [0.05, 0.1) is 4.90 Å². The zero-order valence-corrected chi connectivity index (χ0v) is 17.0. The van der Waals surface area contributed by atoms with Crippen LogP contribution in [0.2, 0.25) is 0 Å². The van der Waals surface area contributed by atoms with E-state index in [9.17, 15) is 8.42 Å². The molecule has 1 fully saturated rings. The first-order valence-corrected chi connectivity index (χ1v) is 10.9. The van der Waals surface area contributed by atoms with E-state index in [1.807, 2.05) is 6.07 Å². The Morgan fingerprint density at radius 1 is 1.27 bits per heavy atom. The van der Waals surface area contributed by atoms with Gasteiger partial charge in [-0.3, -0.25) is 4.99 Å². The van der Waals surface area contributed by atoms with Gasteiger partial charge in [0.2, 0.25) is 10.0 Å². The number of guanidine groups is 1. The van der Waals surface area contributed by atoms with Crippen molar-refractivity contribution in [1.82, 2.24) is 14.5 Å². The number of aliphatic imine (C=N–C) groups is 1. The van der Waals surface area contributed by atoms with Gasteiger partial charge in [0.25, 0.3) is 0 Å². The maximum atomic E-state index is 12.7. The van der Waals surface area contributed by atoms with Crippen LogP contribution in [0.1, 0.15) is 32.6 Å². The van der Waals surface area contributed by atoms with Crippen molar-refractivity contribution in [2.75, 3.05) is 40.3 Å². The molecule has 0 amide bonds. The molecule has 26 heavy (non-hydrogen) atoms. The van der Waals surface area contributed by atoms with Crippen LogP contribution in [0.3, 0.4) is 0 Å². The van der Waals surface area contributed by atoms with Crippen LogP contribution in [0.25, 0.3) is 0 Å². The van der Waals surface area contributed by atoms with Gasteiger partial charge in [-0.15, -0.1) is 0 Å². The Kier molecular flexibility index (Phi) is 7.90. The van der Waals surface area contributed by atoms with E-state index in [1.54, 1.807) is 35.6 Å². The molecule has 1 aromatic rings. The number of rotatable bonds is 7. The molecule has 0 radical (unpaired) electrons. The van der Waals surface area contributed by atoms with E-state index in [1.165, 1.54) is 0 Å². The Bertz CT molecular complexity index is 668. The van der Waals surface area contributed by atoms with E-state index in [0.717, 1.165) is 44.7 Å². The molecular weight excluding hydrogens is 348 g/mol. The molecule has 2 rings (SSSR count). The Hall–Kier alpha value is -1.60. The second-order valence-corrected chi connectivity index (χ2v) is 8.80. The van der Waals surface area contributed by atoms with Crippen LogP contribution in [0, 0.1) is 5.92 Å². The first kappa shape index (κ1) is 20.7. The summed E-state index contributed by atoms with van der Waals surface area (Å²) in [7, 11) is 0.497. The Balaban J connectivity index is 1.83. The van der Waals surface area contributed by atoms with Gasteiger partial charge in [0, 0.05) is 40.3 Å². The van der Waals surface area contributed by atoms with Crippen LogP contribution in [-0.4, -0.2) is 63.9 Å². The largest absolute Gasteiger partial charge is 0.356 e. The number of hydrogen-bond acceptors (Lipinski definition) is 3. The van der Waals surface area contributed by atoms with Crippen molar-refractivity contribution in [3.8, 4) is 0 Å². The molecule has 0 spiro atoms. The first-order chi connectivity index (χ1) is 12.5. The number of sulfonamides is 1. The fourth-order valence-corrected chi connectivity index (χ4v) is 4.71. The topological polar surface area (TPSA) is 65.0 Å². The van der Waals surface area contributed by atoms with Crippen LogP contribution >= 0.6 is 0 Å². The van der Waals surface area contributed by atoms with Gasteiger partial charge in [-0.25, -0.2) is 8.42 Å². The summed E-state index contributed by atoms with van der Waals surface area (Å²) in [5.41, 5.74) is 0. The molecule has 0 unspecified atom stereocenters. The van der Waals surface area contributed by atoms with Gasteiger partial charge >= 0.3 is 0 Å². The van der Waals surface area contributed by atoms with Gasteiger partial charge in [0.1, 0.15) is 0 Å². The number of nitrogens with zero attached hydrogens (tertiary/aromatic N) is 3. The summed E-state index contributed by atoms with van der Waals surface area (Å²) >= 11 is 0. The molecule has 1 aliphatic heterocycles. The fraction of sp³-hybridized carbons (Fsp3) is 0.632. The van der Waals surface area contributed by atoms with Crippen molar-refractivity contribution in [1.29, 1.82) is 0 Å². The lowest BCUT2D eigenvalue weighted by Crippen LogP contribution is -2.44. The second-order valence-electron chi connectivity index (χ2n) is 6.86. The number of benzene rings is 1. The molecule has 6 nitrogen and oxygen atoms in total. The summed E-state index contributed by atoms with van der Waals surface area (Å²) in [5.74, 6) is 1.38. The van der Waals surface area contributed by atoms with Crippen molar-refractivity contribution < 1.29 is 8.42 Å². The zero-order valence-electron chi connectivity index (χ0n) is 16.2. The van der Waals surface area contributed by atoms with Crippen molar-refractivity contribution in [2.45, 2.75) is 37.5 Å². The van der Waals surface area contributed by atoms with Gasteiger partial charge in [-0.05, 0) is 37.3 Å². The number of unbranched alkanes of at least 4 members (excludes halogenated alkanes) is 1. The predicted molar refractivity (Wildman–Crippen MR) is 107 cm³/mol. The van der Waals surface area contributed by atoms with Crippen LogP contribution < -0.4 is 5.32 Å². The summed E-state index contributed by atoms with van der Waals surface area (Å²) in [4.78, 5) is 6.88. The molecule has 0 aromatic heterocycles. The molecule has 1 saturated heterocycles. The molecule has 0 atom stereocenters. The van der Waals surface area contributed by atoms with E-state index in [4.69, 9.17) is 0 Å². The van der Waals surface area contributed by atoms with E-state index < -0.39 is 10.0 Å². The van der Waals surface area contributed by atoms with Crippen LogP contribution in [-0.2, 0) is 10.0 Å². The van der Waals surface area contributed by atoms with Crippen molar-refractivity contribution in [3.63, 3.8) is 0 Å². The van der Waals surface area contributed by atoms with Gasteiger partial charge in [-0.1, -0.05) is 31.5 Å². The standard InChI is InChI=1S/C19H32N4O2S/c1-4-5-13-22(3)19(20-2)21-16-17-11-14-23(15-12-17)26(24,25)18-9-7-6-8-10-18/h6-10,17H,4-5,11-16H2,1-3H3,(H,20,21). The van der Waals surface area contributed by atoms with E-state index in [-0.39, 0.29) is 0 Å². The van der Waals surface area contributed by atoms with Gasteiger partial charge in [0.15, 0.2) is 5.96 Å². The Morgan fingerprint density at radius 2 is 1.92 bits per heavy atom. The fourth-order valence-electron chi connectivity index (χ4n) is 3.22. The average Bonchev–Trinajstić information content (AvgIpc) is 2.68. The number of nitrogens with one attached hydrogen (secondary N) is 1. The maximum absolute atomic E-state index is 12.7. The molecule has 1 aliphatic rings. The third-order valence-corrected chi connectivity index (χ3v) is 6.84. The van der Waals surface area contributed by atoms with Gasteiger partial charge < -0.3 is 10.2 Å². The van der Waals surface area contributed by atoms with E-state index >= 15 is 0 Å². The predicted octanol–water partition coefficient (Wildman–Crippen LogP) is 2.39. The minimum Gasteiger partial charge on any atom is -0.356 e. The normalized spacial score (nSPS) is 17.3. The van der Waals surface area contributed by atoms with Crippen LogP contribution in [0.5, 0.6) is 0 Å². The van der Waals surface area contributed by atoms with E-state index in [2.05, 4.69) is 29.2 Å². The SMILES string of the molecule is CCCCN(C)C(=NC)NCC1CCN(S(=O)(=O)c2ccccc2)CC1. The molecule has 1 aromatic carbocycles. The summed E-state index contributed by atoms with van der Waals surface area (Å²) in [6.45, 7) is 5.16. The molecule has 0 aliphatic carbocycles. The monoisotopic (exact) mass is 380 g/mol. The lowest BCUT2D eigenvalue weighted by atomic mass is 9.98. The Labute approximate surface area is 158 Å².